The number of nitrogens with zero attached hydrogens (tertiary/aromatic N) is 1. The number of furan rings is 1. The highest BCUT2D eigenvalue weighted by atomic mass is 16.3. The van der Waals surface area contributed by atoms with Crippen LogP contribution in [0.5, 0.6) is 0 Å². The maximum atomic E-state index is 11.5. The van der Waals surface area contributed by atoms with Crippen LogP contribution in [0.3, 0.4) is 0 Å². The Morgan fingerprint density at radius 1 is 1.28 bits per heavy atom. The van der Waals surface area contributed by atoms with Crippen molar-refractivity contribution in [1.82, 2.24) is 5.32 Å². The molecule has 0 aliphatic carbocycles. The highest BCUT2D eigenvalue weighted by Gasteiger charge is 2.02. The van der Waals surface area contributed by atoms with Gasteiger partial charge in [-0.25, -0.2) is 4.79 Å². The molecule has 0 saturated heterocycles. The predicted molar refractivity (Wildman–Crippen MR) is 65.7 cm³/mol. The van der Waals surface area contributed by atoms with Crippen LogP contribution in [0.15, 0.2) is 47.1 Å². The van der Waals surface area contributed by atoms with Gasteiger partial charge in [-0.15, -0.1) is 0 Å². The number of carbonyl (C=O) groups excluding carboxylic acids is 1. The molecule has 0 atom stereocenters. The first-order chi connectivity index (χ1) is 8.78. The Morgan fingerprint density at radius 2 is 2.06 bits per heavy atom. The molecule has 1 aromatic carbocycles. The largest absolute Gasteiger partial charge is 0.467 e. The highest BCUT2D eigenvalue weighted by Crippen LogP contribution is 2.08. The second-order valence-corrected chi connectivity index (χ2v) is 3.58. The van der Waals surface area contributed by atoms with Gasteiger partial charge in [0.2, 0.25) is 0 Å². The number of nitrogens with one attached hydrogen (secondary N) is 2. The van der Waals surface area contributed by atoms with Gasteiger partial charge in [0, 0.05) is 5.69 Å². The average molecular weight is 241 g/mol. The molecule has 0 aliphatic rings. The lowest BCUT2D eigenvalue weighted by molar-refractivity contribution is 0.251. The number of urea groups is 1. The van der Waals surface area contributed by atoms with Crippen LogP contribution in [0.2, 0.25) is 0 Å². The Bertz CT molecular complexity index is 553. The lowest BCUT2D eigenvalue weighted by Crippen LogP contribution is -2.27. The molecule has 2 rings (SSSR count). The normalized spacial score (nSPS) is 9.50. The van der Waals surface area contributed by atoms with Crippen molar-refractivity contribution in [1.29, 1.82) is 5.26 Å². The number of amides is 2. The van der Waals surface area contributed by atoms with Gasteiger partial charge in [-0.2, -0.15) is 5.26 Å². The van der Waals surface area contributed by atoms with Crippen molar-refractivity contribution in [3.05, 3.63) is 54.0 Å². The molecular weight excluding hydrogens is 230 g/mol. The number of hydrogen-bond donors (Lipinski definition) is 2. The summed E-state index contributed by atoms with van der Waals surface area (Å²) in [6.45, 7) is 0.328. The number of carbonyl (C=O) groups is 1. The molecular formula is C13H11N3O2. The monoisotopic (exact) mass is 241 g/mol. The standard InChI is InChI=1S/C13H11N3O2/c14-8-10-3-5-11(6-4-10)16-13(17)15-9-12-2-1-7-18-12/h1-7H,9H2,(H2,15,16,17). The van der Waals surface area contributed by atoms with E-state index in [1.165, 1.54) is 0 Å². The second kappa shape index (κ2) is 5.55. The molecule has 18 heavy (non-hydrogen) atoms. The van der Waals surface area contributed by atoms with Gasteiger partial charge in [0.15, 0.2) is 0 Å². The van der Waals surface area contributed by atoms with E-state index in [0.29, 0.717) is 23.6 Å². The fourth-order valence-electron chi connectivity index (χ4n) is 1.38. The first-order valence-electron chi connectivity index (χ1n) is 5.35. The van der Waals surface area contributed by atoms with Crippen LogP contribution in [-0.2, 0) is 6.54 Å². The van der Waals surface area contributed by atoms with Crippen molar-refractivity contribution >= 4 is 11.7 Å². The van der Waals surface area contributed by atoms with Gasteiger partial charge in [0.25, 0.3) is 0 Å². The van der Waals surface area contributed by atoms with Gasteiger partial charge in [-0.1, -0.05) is 0 Å². The van der Waals surface area contributed by atoms with Crippen molar-refractivity contribution in [2.75, 3.05) is 5.32 Å². The first kappa shape index (κ1) is 11.7. The van der Waals surface area contributed by atoms with Crippen LogP contribution in [0.1, 0.15) is 11.3 Å². The van der Waals surface area contributed by atoms with Crippen molar-refractivity contribution in [2.24, 2.45) is 0 Å². The van der Waals surface area contributed by atoms with Gasteiger partial charge in [0.05, 0.1) is 24.4 Å². The molecule has 1 aromatic heterocycles. The van der Waals surface area contributed by atoms with Crippen LogP contribution in [-0.4, -0.2) is 6.03 Å². The van der Waals surface area contributed by atoms with Crippen LogP contribution in [0, 0.1) is 11.3 Å². The molecule has 0 unspecified atom stereocenters. The number of nitriles is 1. The zero-order valence-electron chi connectivity index (χ0n) is 9.51. The fraction of sp³-hybridized carbons (Fsp3) is 0.0769. The number of rotatable bonds is 3. The summed E-state index contributed by atoms with van der Waals surface area (Å²) in [5.74, 6) is 0.685. The number of hydrogen-bond acceptors (Lipinski definition) is 3. The molecule has 0 aliphatic heterocycles. The Labute approximate surface area is 104 Å². The van der Waals surface area contributed by atoms with Gasteiger partial charge in [0.1, 0.15) is 5.76 Å². The molecule has 2 N–H and O–H groups in total. The lowest BCUT2D eigenvalue weighted by Gasteiger charge is -2.06. The summed E-state index contributed by atoms with van der Waals surface area (Å²) in [5, 5.41) is 13.9. The Morgan fingerprint density at radius 3 is 2.67 bits per heavy atom. The third kappa shape index (κ3) is 3.12. The maximum absolute atomic E-state index is 11.5. The van der Waals surface area contributed by atoms with Gasteiger partial charge >= 0.3 is 6.03 Å². The third-order valence-electron chi connectivity index (χ3n) is 2.28. The molecule has 0 bridgehead atoms. The van der Waals surface area contributed by atoms with E-state index in [4.69, 9.17) is 9.68 Å². The minimum Gasteiger partial charge on any atom is -0.467 e. The SMILES string of the molecule is N#Cc1ccc(NC(=O)NCc2ccco2)cc1. The summed E-state index contributed by atoms with van der Waals surface area (Å²) >= 11 is 0. The summed E-state index contributed by atoms with van der Waals surface area (Å²) < 4.78 is 5.09. The van der Waals surface area contributed by atoms with Crippen LogP contribution < -0.4 is 10.6 Å². The third-order valence-corrected chi connectivity index (χ3v) is 2.28. The van der Waals surface area contributed by atoms with E-state index in [9.17, 15) is 4.79 Å². The lowest BCUT2D eigenvalue weighted by atomic mass is 10.2. The summed E-state index contributed by atoms with van der Waals surface area (Å²) in [6, 6.07) is 11.9. The number of benzene rings is 1. The molecule has 90 valence electrons. The molecule has 5 heteroatoms. The molecule has 0 saturated carbocycles. The zero-order valence-corrected chi connectivity index (χ0v) is 9.51. The second-order valence-electron chi connectivity index (χ2n) is 3.58. The van der Waals surface area contributed by atoms with Gasteiger partial charge < -0.3 is 15.1 Å². The quantitative estimate of drug-likeness (QED) is 0.866. The first-order valence-corrected chi connectivity index (χ1v) is 5.35. The van der Waals surface area contributed by atoms with Crippen molar-refractivity contribution < 1.29 is 9.21 Å². The highest BCUT2D eigenvalue weighted by molar-refractivity contribution is 5.89. The Hall–Kier alpha value is -2.74. The van der Waals surface area contributed by atoms with E-state index in [-0.39, 0.29) is 6.03 Å². The van der Waals surface area contributed by atoms with Gasteiger partial charge in [-0.3, -0.25) is 0 Å². The number of anilines is 1. The van der Waals surface area contributed by atoms with Crippen molar-refractivity contribution in [2.45, 2.75) is 6.54 Å². The zero-order chi connectivity index (χ0) is 12.8. The van der Waals surface area contributed by atoms with E-state index in [1.54, 1.807) is 42.7 Å². The minimum atomic E-state index is -0.323. The molecule has 1 heterocycles. The maximum Gasteiger partial charge on any atom is 0.319 e. The van der Waals surface area contributed by atoms with E-state index in [1.807, 2.05) is 6.07 Å². The summed E-state index contributed by atoms with van der Waals surface area (Å²) in [7, 11) is 0. The fourth-order valence-corrected chi connectivity index (χ4v) is 1.38. The molecule has 2 amide bonds. The van der Waals surface area contributed by atoms with E-state index >= 15 is 0 Å². The van der Waals surface area contributed by atoms with E-state index < -0.39 is 0 Å². The Kier molecular flexibility index (Phi) is 3.62. The van der Waals surface area contributed by atoms with Crippen LogP contribution in [0.25, 0.3) is 0 Å². The summed E-state index contributed by atoms with van der Waals surface area (Å²) in [4.78, 5) is 11.5. The predicted octanol–water partition coefficient (Wildman–Crippen LogP) is 2.47. The molecule has 0 radical (unpaired) electrons. The Balaban J connectivity index is 1.85. The van der Waals surface area contributed by atoms with Crippen molar-refractivity contribution in [3.8, 4) is 6.07 Å². The molecule has 2 aromatic rings. The smallest absolute Gasteiger partial charge is 0.319 e. The topological polar surface area (TPSA) is 78.1 Å². The summed E-state index contributed by atoms with van der Waals surface area (Å²) in [6.07, 6.45) is 1.55. The van der Waals surface area contributed by atoms with Crippen molar-refractivity contribution in [3.63, 3.8) is 0 Å². The van der Waals surface area contributed by atoms with Gasteiger partial charge in [-0.05, 0) is 36.4 Å². The molecule has 0 spiro atoms. The summed E-state index contributed by atoms with van der Waals surface area (Å²) in [5.41, 5.74) is 1.18. The van der Waals surface area contributed by atoms with E-state index in [2.05, 4.69) is 10.6 Å². The van der Waals surface area contributed by atoms with Crippen LogP contribution in [0.4, 0.5) is 10.5 Å². The van der Waals surface area contributed by atoms with E-state index in [0.717, 1.165) is 0 Å². The van der Waals surface area contributed by atoms with Crippen LogP contribution >= 0.6 is 0 Å². The molecule has 0 fully saturated rings. The molecule has 5 nitrogen and oxygen atoms in total. The minimum absolute atomic E-state index is 0.323. The average Bonchev–Trinajstić information content (AvgIpc) is 2.90.